The van der Waals surface area contributed by atoms with Gasteiger partial charge in [0.2, 0.25) is 0 Å². The highest BCUT2D eigenvalue weighted by atomic mass is 79.9. The smallest absolute Gasteiger partial charge is 0.0885 e. The topological polar surface area (TPSA) is 46.2 Å². The molecule has 2 rings (SSSR count). The van der Waals surface area contributed by atoms with Gasteiger partial charge in [-0.05, 0) is 40.0 Å². The lowest BCUT2D eigenvalue weighted by molar-refractivity contribution is 0.147. The van der Waals surface area contributed by atoms with Crippen molar-refractivity contribution in [3.63, 3.8) is 0 Å². The van der Waals surface area contributed by atoms with Gasteiger partial charge in [-0.3, -0.25) is 0 Å². The third-order valence-electron chi connectivity index (χ3n) is 3.52. The first kappa shape index (κ1) is 15.5. The molecule has 0 saturated heterocycles. The molecule has 0 aliphatic rings. The zero-order chi connectivity index (χ0) is 14.7. The molecule has 2 unspecified atom stereocenters. The number of aliphatic hydroxyl groups is 1. The van der Waals surface area contributed by atoms with Crippen LogP contribution in [0.3, 0.4) is 0 Å². The number of benzene rings is 2. The number of aryl methyl sites for hydroxylation is 1. The summed E-state index contributed by atoms with van der Waals surface area (Å²) in [4.78, 5) is 0. The van der Waals surface area contributed by atoms with Crippen molar-refractivity contribution in [2.75, 3.05) is 6.54 Å². The molecule has 2 aromatic carbocycles. The Balaban J connectivity index is 2.42. The quantitative estimate of drug-likeness (QED) is 0.865. The number of aliphatic hydroxyl groups excluding tert-OH is 1. The Morgan fingerprint density at radius 3 is 2.45 bits per heavy atom. The Bertz CT molecular complexity index is 603. The summed E-state index contributed by atoms with van der Waals surface area (Å²) in [6.45, 7) is 2.38. The van der Waals surface area contributed by atoms with Gasteiger partial charge in [-0.25, -0.2) is 0 Å². The first-order valence-corrected chi connectivity index (χ1v) is 7.61. The molecular weight excluding hydrogens is 338 g/mol. The maximum atomic E-state index is 10.7. The monoisotopic (exact) mass is 353 g/mol. The van der Waals surface area contributed by atoms with Crippen LogP contribution in [0.4, 0.5) is 0 Å². The van der Waals surface area contributed by atoms with Crippen molar-refractivity contribution in [1.29, 1.82) is 0 Å². The van der Waals surface area contributed by atoms with Gasteiger partial charge in [-0.15, -0.1) is 0 Å². The van der Waals surface area contributed by atoms with Crippen molar-refractivity contribution in [3.8, 4) is 0 Å². The van der Waals surface area contributed by atoms with Crippen LogP contribution in [0.15, 0.2) is 46.9 Å². The maximum absolute atomic E-state index is 10.7. The zero-order valence-electron chi connectivity index (χ0n) is 11.2. The number of hydrogen-bond donors (Lipinski definition) is 2. The van der Waals surface area contributed by atoms with Crippen LogP contribution >= 0.6 is 27.5 Å². The summed E-state index contributed by atoms with van der Waals surface area (Å²) >= 11 is 9.65. The molecule has 0 aromatic heterocycles. The predicted octanol–water partition coefficient (Wildman–Crippen LogP) is 4.19. The van der Waals surface area contributed by atoms with Gasteiger partial charge in [-0.1, -0.05) is 48.0 Å². The van der Waals surface area contributed by atoms with Gasteiger partial charge in [0, 0.05) is 22.5 Å². The first-order chi connectivity index (χ1) is 9.56. The predicted molar refractivity (Wildman–Crippen MR) is 87.1 cm³/mol. The van der Waals surface area contributed by atoms with Gasteiger partial charge in [0.25, 0.3) is 0 Å². The van der Waals surface area contributed by atoms with E-state index in [0.717, 1.165) is 15.6 Å². The third kappa shape index (κ3) is 3.07. The van der Waals surface area contributed by atoms with Crippen molar-refractivity contribution >= 4 is 27.5 Å². The molecule has 0 spiro atoms. The molecule has 0 heterocycles. The summed E-state index contributed by atoms with van der Waals surface area (Å²) in [5.41, 5.74) is 8.75. The van der Waals surface area contributed by atoms with Gasteiger partial charge in [0.05, 0.1) is 11.1 Å². The minimum absolute atomic E-state index is 0.178. The second-order valence-electron chi connectivity index (χ2n) is 4.79. The fourth-order valence-electron chi connectivity index (χ4n) is 2.39. The van der Waals surface area contributed by atoms with Gasteiger partial charge in [0.1, 0.15) is 0 Å². The van der Waals surface area contributed by atoms with Crippen LogP contribution in [0.1, 0.15) is 28.7 Å². The van der Waals surface area contributed by atoms with E-state index in [0.29, 0.717) is 17.1 Å². The first-order valence-electron chi connectivity index (χ1n) is 6.43. The van der Waals surface area contributed by atoms with E-state index >= 15 is 0 Å². The van der Waals surface area contributed by atoms with E-state index in [1.165, 1.54) is 0 Å². The number of hydrogen-bond acceptors (Lipinski definition) is 2. The van der Waals surface area contributed by atoms with Crippen LogP contribution in [-0.2, 0) is 0 Å². The van der Waals surface area contributed by atoms with Crippen LogP contribution in [0.2, 0.25) is 5.02 Å². The Labute approximate surface area is 132 Å². The van der Waals surface area contributed by atoms with E-state index < -0.39 is 6.10 Å². The lowest BCUT2D eigenvalue weighted by atomic mass is 9.87. The van der Waals surface area contributed by atoms with E-state index in [1.54, 1.807) is 0 Å². The van der Waals surface area contributed by atoms with E-state index in [4.69, 9.17) is 17.3 Å². The standard InChI is InChI=1S/C16H17BrClNO/c1-10-5-2-3-6-11(10)13(9-19)16(20)12-7-4-8-14(17)15(12)18/h2-8,13,16,20H,9,19H2,1H3. The molecule has 0 saturated carbocycles. The lowest BCUT2D eigenvalue weighted by Gasteiger charge is -2.24. The van der Waals surface area contributed by atoms with Gasteiger partial charge < -0.3 is 10.8 Å². The highest BCUT2D eigenvalue weighted by Gasteiger charge is 2.25. The fraction of sp³-hybridized carbons (Fsp3) is 0.250. The molecular formula is C16H17BrClNO. The molecule has 0 amide bonds. The maximum Gasteiger partial charge on any atom is 0.0885 e. The molecule has 3 N–H and O–H groups in total. The second kappa shape index (κ2) is 6.72. The molecule has 0 fully saturated rings. The average Bonchev–Trinajstić information content (AvgIpc) is 2.44. The van der Waals surface area contributed by atoms with Gasteiger partial charge in [0.15, 0.2) is 0 Å². The zero-order valence-corrected chi connectivity index (χ0v) is 13.5. The molecule has 0 aliphatic carbocycles. The molecule has 0 radical (unpaired) electrons. The normalized spacial score (nSPS) is 14.1. The molecule has 2 atom stereocenters. The minimum Gasteiger partial charge on any atom is -0.388 e. The Hall–Kier alpha value is -0.870. The number of halogens is 2. The summed E-state index contributed by atoms with van der Waals surface area (Å²) in [6.07, 6.45) is -0.730. The average molecular weight is 355 g/mol. The summed E-state index contributed by atoms with van der Waals surface area (Å²) in [6, 6.07) is 13.5. The molecule has 0 aliphatic heterocycles. The van der Waals surface area contributed by atoms with Crippen molar-refractivity contribution in [2.45, 2.75) is 18.9 Å². The van der Waals surface area contributed by atoms with Crippen LogP contribution in [0, 0.1) is 6.92 Å². The fourth-order valence-corrected chi connectivity index (χ4v) is 3.01. The largest absolute Gasteiger partial charge is 0.388 e. The summed E-state index contributed by atoms with van der Waals surface area (Å²) in [7, 11) is 0. The number of nitrogens with two attached hydrogens (primary N) is 1. The van der Waals surface area contributed by atoms with E-state index in [1.807, 2.05) is 49.4 Å². The Kier molecular flexibility index (Phi) is 5.22. The van der Waals surface area contributed by atoms with Crippen LogP contribution < -0.4 is 5.73 Å². The van der Waals surface area contributed by atoms with Crippen molar-refractivity contribution in [1.82, 2.24) is 0 Å². The summed E-state index contributed by atoms with van der Waals surface area (Å²) in [5, 5.41) is 11.2. The van der Waals surface area contributed by atoms with Gasteiger partial charge in [-0.2, -0.15) is 0 Å². The third-order valence-corrected chi connectivity index (χ3v) is 4.83. The van der Waals surface area contributed by atoms with Crippen molar-refractivity contribution < 1.29 is 5.11 Å². The highest BCUT2D eigenvalue weighted by Crippen LogP contribution is 2.37. The van der Waals surface area contributed by atoms with Gasteiger partial charge >= 0.3 is 0 Å². The SMILES string of the molecule is Cc1ccccc1C(CN)C(O)c1cccc(Br)c1Cl. The van der Waals surface area contributed by atoms with Crippen molar-refractivity contribution in [2.24, 2.45) is 5.73 Å². The van der Waals surface area contributed by atoms with E-state index in [9.17, 15) is 5.11 Å². The molecule has 20 heavy (non-hydrogen) atoms. The Morgan fingerprint density at radius 2 is 1.80 bits per heavy atom. The molecule has 0 bridgehead atoms. The molecule has 106 valence electrons. The van der Waals surface area contributed by atoms with E-state index in [-0.39, 0.29) is 5.92 Å². The van der Waals surface area contributed by atoms with Crippen LogP contribution in [0.25, 0.3) is 0 Å². The van der Waals surface area contributed by atoms with E-state index in [2.05, 4.69) is 15.9 Å². The summed E-state index contributed by atoms with van der Waals surface area (Å²) < 4.78 is 0.774. The molecule has 2 aromatic rings. The summed E-state index contributed by atoms with van der Waals surface area (Å²) in [5.74, 6) is -0.178. The van der Waals surface area contributed by atoms with Crippen LogP contribution in [-0.4, -0.2) is 11.7 Å². The number of rotatable bonds is 4. The Morgan fingerprint density at radius 1 is 1.15 bits per heavy atom. The molecule has 4 heteroatoms. The second-order valence-corrected chi connectivity index (χ2v) is 6.02. The minimum atomic E-state index is -0.730. The molecule has 2 nitrogen and oxygen atoms in total. The van der Waals surface area contributed by atoms with Crippen molar-refractivity contribution in [3.05, 3.63) is 68.7 Å². The van der Waals surface area contributed by atoms with Crippen LogP contribution in [0.5, 0.6) is 0 Å². The highest BCUT2D eigenvalue weighted by molar-refractivity contribution is 9.10. The lowest BCUT2D eigenvalue weighted by Crippen LogP contribution is -2.21.